The van der Waals surface area contributed by atoms with Crippen molar-refractivity contribution in [3.63, 3.8) is 0 Å². The highest BCUT2D eigenvalue weighted by Crippen LogP contribution is 2.24. The molecule has 2 rings (SSSR count). The molecule has 0 aliphatic heterocycles. The van der Waals surface area contributed by atoms with E-state index >= 15 is 0 Å². The van der Waals surface area contributed by atoms with Crippen LogP contribution in [0, 0.1) is 13.8 Å². The molecule has 6 heteroatoms. The topological polar surface area (TPSA) is 55.6 Å². The number of rotatable bonds is 5. The zero-order valence-corrected chi connectivity index (χ0v) is 12.1. The van der Waals surface area contributed by atoms with Gasteiger partial charge in [-0.05, 0) is 20.8 Å². The molecule has 18 heavy (non-hydrogen) atoms. The quantitative estimate of drug-likeness (QED) is 0.895. The van der Waals surface area contributed by atoms with Gasteiger partial charge in [0.1, 0.15) is 6.33 Å². The van der Waals surface area contributed by atoms with Gasteiger partial charge in [0.2, 0.25) is 0 Å². The number of nitrogens with one attached hydrogen (secondary N) is 1. The van der Waals surface area contributed by atoms with E-state index in [4.69, 9.17) is 0 Å². The Morgan fingerprint density at radius 1 is 1.44 bits per heavy atom. The first-order valence-corrected chi connectivity index (χ1v) is 6.89. The Morgan fingerprint density at radius 3 is 2.78 bits per heavy atom. The third-order valence-corrected chi connectivity index (χ3v) is 4.03. The van der Waals surface area contributed by atoms with Crippen molar-refractivity contribution in [2.24, 2.45) is 7.05 Å². The van der Waals surface area contributed by atoms with Gasteiger partial charge in [-0.25, -0.2) is 9.97 Å². The molecule has 2 aromatic heterocycles. The molecule has 98 valence electrons. The van der Waals surface area contributed by atoms with Crippen molar-refractivity contribution in [3.8, 4) is 0 Å². The van der Waals surface area contributed by atoms with E-state index in [1.54, 1.807) is 22.3 Å². The van der Waals surface area contributed by atoms with Crippen LogP contribution < -0.4 is 5.32 Å². The minimum Gasteiger partial charge on any atom is -0.309 e. The lowest BCUT2D eigenvalue weighted by Crippen LogP contribution is -2.21. The SMILES string of the molecule is Cc1nc(C)c(C(C)NCCc2ncn(C)n2)s1. The van der Waals surface area contributed by atoms with Gasteiger partial charge in [0.05, 0.1) is 10.7 Å². The fourth-order valence-corrected chi connectivity index (χ4v) is 2.89. The molecular formula is C12H19N5S. The largest absolute Gasteiger partial charge is 0.309 e. The van der Waals surface area contributed by atoms with Crippen LogP contribution in [-0.4, -0.2) is 26.3 Å². The molecule has 2 aromatic rings. The van der Waals surface area contributed by atoms with Crippen LogP contribution in [0.4, 0.5) is 0 Å². The van der Waals surface area contributed by atoms with Gasteiger partial charge in [-0.15, -0.1) is 11.3 Å². The van der Waals surface area contributed by atoms with Gasteiger partial charge in [-0.2, -0.15) is 5.10 Å². The predicted octanol–water partition coefficient (Wildman–Crippen LogP) is 1.78. The van der Waals surface area contributed by atoms with Crippen molar-refractivity contribution in [2.75, 3.05) is 6.54 Å². The van der Waals surface area contributed by atoms with Crippen LogP contribution in [0.2, 0.25) is 0 Å². The van der Waals surface area contributed by atoms with Crippen molar-refractivity contribution in [1.82, 2.24) is 25.1 Å². The second-order valence-electron chi connectivity index (χ2n) is 4.44. The molecule has 0 radical (unpaired) electrons. The fourth-order valence-electron chi connectivity index (χ4n) is 1.94. The third-order valence-electron chi connectivity index (χ3n) is 2.78. The summed E-state index contributed by atoms with van der Waals surface area (Å²) in [5.41, 5.74) is 1.13. The van der Waals surface area contributed by atoms with Crippen LogP contribution in [0.15, 0.2) is 6.33 Å². The Balaban J connectivity index is 1.85. The van der Waals surface area contributed by atoms with Crippen molar-refractivity contribution >= 4 is 11.3 Å². The first-order valence-electron chi connectivity index (χ1n) is 6.08. The second kappa shape index (κ2) is 5.58. The Bertz CT molecular complexity index is 516. The van der Waals surface area contributed by atoms with Crippen molar-refractivity contribution in [1.29, 1.82) is 0 Å². The molecule has 0 bridgehead atoms. The maximum atomic E-state index is 4.45. The van der Waals surface area contributed by atoms with E-state index in [2.05, 4.69) is 34.2 Å². The third kappa shape index (κ3) is 3.14. The lowest BCUT2D eigenvalue weighted by molar-refractivity contribution is 0.572. The molecular weight excluding hydrogens is 246 g/mol. The molecule has 0 fully saturated rings. The number of aryl methyl sites for hydroxylation is 3. The number of hydrogen-bond donors (Lipinski definition) is 1. The Morgan fingerprint density at radius 2 is 2.22 bits per heavy atom. The number of hydrogen-bond acceptors (Lipinski definition) is 5. The molecule has 0 aromatic carbocycles. The van der Waals surface area contributed by atoms with Crippen LogP contribution >= 0.6 is 11.3 Å². The van der Waals surface area contributed by atoms with Gasteiger partial charge in [0.25, 0.3) is 0 Å². The average Bonchev–Trinajstić information content (AvgIpc) is 2.85. The lowest BCUT2D eigenvalue weighted by atomic mass is 10.2. The molecule has 1 atom stereocenters. The summed E-state index contributed by atoms with van der Waals surface area (Å²) in [5, 5.41) is 8.88. The van der Waals surface area contributed by atoms with Crippen LogP contribution in [0.3, 0.4) is 0 Å². The normalized spacial score (nSPS) is 12.9. The first kappa shape index (κ1) is 13.2. The van der Waals surface area contributed by atoms with E-state index < -0.39 is 0 Å². The van der Waals surface area contributed by atoms with Crippen molar-refractivity contribution in [3.05, 3.63) is 27.7 Å². The second-order valence-corrected chi connectivity index (χ2v) is 5.68. The Kier molecular flexibility index (Phi) is 4.08. The summed E-state index contributed by atoms with van der Waals surface area (Å²) in [7, 11) is 1.88. The summed E-state index contributed by atoms with van der Waals surface area (Å²) in [6.45, 7) is 7.16. The van der Waals surface area contributed by atoms with Crippen LogP contribution in [0.1, 0.15) is 34.4 Å². The highest BCUT2D eigenvalue weighted by atomic mass is 32.1. The summed E-state index contributed by atoms with van der Waals surface area (Å²) in [6, 6.07) is 0.333. The monoisotopic (exact) mass is 265 g/mol. The maximum absolute atomic E-state index is 4.45. The van der Waals surface area contributed by atoms with Crippen molar-refractivity contribution in [2.45, 2.75) is 33.2 Å². The molecule has 5 nitrogen and oxygen atoms in total. The maximum Gasteiger partial charge on any atom is 0.151 e. The molecule has 0 spiro atoms. The Hall–Kier alpha value is -1.27. The lowest BCUT2D eigenvalue weighted by Gasteiger charge is -2.11. The minimum atomic E-state index is 0.333. The number of nitrogens with zero attached hydrogens (tertiary/aromatic N) is 4. The minimum absolute atomic E-state index is 0.333. The van der Waals surface area contributed by atoms with Crippen LogP contribution in [-0.2, 0) is 13.5 Å². The van der Waals surface area contributed by atoms with E-state index in [1.807, 2.05) is 14.0 Å². The number of aromatic nitrogens is 4. The fraction of sp³-hybridized carbons (Fsp3) is 0.583. The summed E-state index contributed by atoms with van der Waals surface area (Å²) in [4.78, 5) is 9.98. The summed E-state index contributed by atoms with van der Waals surface area (Å²) >= 11 is 1.76. The average molecular weight is 265 g/mol. The summed E-state index contributed by atoms with van der Waals surface area (Å²) < 4.78 is 1.73. The molecule has 0 amide bonds. The summed E-state index contributed by atoms with van der Waals surface area (Å²) in [6.07, 6.45) is 2.58. The van der Waals surface area contributed by atoms with Gasteiger partial charge in [-0.3, -0.25) is 4.68 Å². The van der Waals surface area contributed by atoms with E-state index in [1.165, 1.54) is 4.88 Å². The predicted molar refractivity (Wildman–Crippen MR) is 72.7 cm³/mol. The number of thiazole rings is 1. The highest BCUT2D eigenvalue weighted by molar-refractivity contribution is 7.11. The highest BCUT2D eigenvalue weighted by Gasteiger charge is 2.12. The van der Waals surface area contributed by atoms with Crippen molar-refractivity contribution < 1.29 is 0 Å². The van der Waals surface area contributed by atoms with Gasteiger partial charge in [0.15, 0.2) is 5.82 Å². The van der Waals surface area contributed by atoms with E-state index in [-0.39, 0.29) is 0 Å². The van der Waals surface area contributed by atoms with Gasteiger partial charge >= 0.3 is 0 Å². The van der Waals surface area contributed by atoms with Gasteiger partial charge in [-0.1, -0.05) is 0 Å². The first-order chi connectivity index (χ1) is 8.56. The Labute approximate surface area is 111 Å². The standard InChI is InChI=1S/C12H19N5S/c1-8(12-9(2)15-10(3)18-12)13-6-5-11-14-7-17(4)16-11/h7-8,13H,5-6H2,1-4H3. The van der Waals surface area contributed by atoms with Gasteiger partial charge in [0, 0.05) is 30.9 Å². The van der Waals surface area contributed by atoms with E-state index in [0.29, 0.717) is 6.04 Å². The van der Waals surface area contributed by atoms with Gasteiger partial charge < -0.3 is 5.32 Å². The molecule has 1 unspecified atom stereocenters. The molecule has 2 heterocycles. The van der Waals surface area contributed by atoms with Crippen LogP contribution in [0.25, 0.3) is 0 Å². The van der Waals surface area contributed by atoms with E-state index in [9.17, 15) is 0 Å². The zero-order valence-electron chi connectivity index (χ0n) is 11.3. The smallest absolute Gasteiger partial charge is 0.151 e. The molecule has 0 saturated carbocycles. The van der Waals surface area contributed by atoms with Crippen LogP contribution in [0.5, 0.6) is 0 Å². The molecule has 0 aliphatic carbocycles. The zero-order chi connectivity index (χ0) is 13.1. The molecule has 0 aliphatic rings. The summed E-state index contributed by atoms with van der Waals surface area (Å²) in [5.74, 6) is 0.884. The van der Waals surface area contributed by atoms with E-state index in [0.717, 1.165) is 29.5 Å². The molecule has 1 N–H and O–H groups in total. The molecule has 0 saturated heterocycles.